The molecule has 1 fully saturated rings. The molecule has 8 heteroatoms. The number of allylic oxidation sites excluding steroid dienone is 5. The van der Waals surface area contributed by atoms with E-state index in [9.17, 15) is 9.90 Å². The maximum Gasteiger partial charge on any atom is 0.306 e. The smallest absolute Gasteiger partial charge is 0.306 e. The van der Waals surface area contributed by atoms with Crippen molar-refractivity contribution < 1.29 is 14.6 Å². The predicted molar refractivity (Wildman–Crippen MR) is 117 cm³/mol. The van der Waals surface area contributed by atoms with Crippen molar-refractivity contribution in [3.05, 3.63) is 47.6 Å². The number of hydrogen-bond donors (Lipinski definition) is 3. The number of aryl methyl sites for hydroxylation is 1. The minimum Gasteiger partial charge on any atom is -0.481 e. The summed E-state index contributed by atoms with van der Waals surface area (Å²) in [5, 5.41) is 20.4. The quantitative estimate of drug-likeness (QED) is 0.563. The van der Waals surface area contributed by atoms with Crippen LogP contribution in [0.5, 0.6) is 0 Å². The first-order chi connectivity index (χ1) is 14.5. The van der Waals surface area contributed by atoms with Crippen LogP contribution in [0.25, 0.3) is 5.57 Å². The van der Waals surface area contributed by atoms with Crippen LogP contribution in [0.1, 0.15) is 30.7 Å². The normalized spacial score (nSPS) is 18.6. The van der Waals surface area contributed by atoms with Crippen LogP contribution in [-0.2, 0) is 16.0 Å². The van der Waals surface area contributed by atoms with Gasteiger partial charge in [-0.3, -0.25) is 9.78 Å². The van der Waals surface area contributed by atoms with Gasteiger partial charge in [-0.05, 0) is 37.8 Å². The summed E-state index contributed by atoms with van der Waals surface area (Å²) in [7, 11) is 3.49. The Morgan fingerprint density at radius 1 is 1.40 bits per heavy atom. The summed E-state index contributed by atoms with van der Waals surface area (Å²) in [6.45, 7) is 1.93. The zero-order chi connectivity index (χ0) is 21.5. The summed E-state index contributed by atoms with van der Waals surface area (Å²) < 4.78 is 5.14. The number of rotatable bonds is 8. The molecule has 0 bridgehead atoms. The topological polar surface area (TPSA) is 111 Å². The van der Waals surface area contributed by atoms with Crippen LogP contribution in [0.2, 0.25) is 0 Å². The summed E-state index contributed by atoms with van der Waals surface area (Å²) in [6.07, 6.45) is 12.0. The number of nitrogens with one attached hydrogen (secondary N) is 2. The van der Waals surface area contributed by atoms with Gasteiger partial charge in [0.15, 0.2) is 5.82 Å². The standard InChI is InChI=1S/C22H29N5O3/c1-24-13-17-12-16(5-6-19(17)23)20-21(26-18(14-25-20)4-3-11-30-2)27-9-7-15(8-10-27)22(28)29/h5-6,12-15,23-24H,3-4,7-11H2,1-2H3,(H,28,29)/b17-13-,23-19?. The molecule has 2 heterocycles. The summed E-state index contributed by atoms with van der Waals surface area (Å²) in [5.41, 5.74) is 3.74. The minimum atomic E-state index is -0.729. The van der Waals surface area contributed by atoms with Gasteiger partial charge in [-0.15, -0.1) is 0 Å². The Hall–Kier alpha value is -3.00. The van der Waals surface area contributed by atoms with E-state index >= 15 is 0 Å². The van der Waals surface area contributed by atoms with Gasteiger partial charge in [0.25, 0.3) is 0 Å². The van der Waals surface area contributed by atoms with E-state index < -0.39 is 5.97 Å². The van der Waals surface area contributed by atoms with Gasteiger partial charge in [0.1, 0.15) is 5.69 Å². The molecule has 1 aliphatic heterocycles. The van der Waals surface area contributed by atoms with Crippen LogP contribution >= 0.6 is 0 Å². The number of carbonyl (C=O) groups is 1. The van der Waals surface area contributed by atoms with E-state index in [1.165, 1.54) is 0 Å². The summed E-state index contributed by atoms with van der Waals surface area (Å²) in [6, 6.07) is 0. The van der Waals surface area contributed by atoms with Gasteiger partial charge in [-0.2, -0.15) is 0 Å². The third-order valence-electron chi connectivity index (χ3n) is 5.35. The number of carboxylic acids is 1. The predicted octanol–water partition coefficient (Wildman–Crippen LogP) is 2.43. The van der Waals surface area contributed by atoms with Crippen LogP contribution in [0, 0.1) is 11.3 Å². The molecule has 0 unspecified atom stereocenters. The average Bonchev–Trinajstić information content (AvgIpc) is 2.76. The van der Waals surface area contributed by atoms with Crippen LogP contribution in [0.4, 0.5) is 5.82 Å². The highest BCUT2D eigenvalue weighted by Gasteiger charge is 2.27. The monoisotopic (exact) mass is 411 g/mol. The molecule has 0 aromatic carbocycles. The molecular formula is C22H29N5O3. The Balaban J connectivity index is 1.93. The van der Waals surface area contributed by atoms with Crippen molar-refractivity contribution in [2.45, 2.75) is 25.7 Å². The van der Waals surface area contributed by atoms with Crippen molar-refractivity contribution in [1.82, 2.24) is 15.3 Å². The highest BCUT2D eigenvalue weighted by molar-refractivity contribution is 6.13. The van der Waals surface area contributed by atoms with E-state index in [4.69, 9.17) is 20.1 Å². The Kier molecular flexibility index (Phi) is 7.35. The number of carboxylic acid groups (broad SMARTS) is 1. The first kappa shape index (κ1) is 21.7. The number of ether oxygens (including phenoxy) is 1. The second-order valence-corrected chi connectivity index (χ2v) is 7.46. The van der Waals surface area contributed by atoms with E-state index in [1.807, 2.05) is 12.2 Å². The highest BCUT2D eigenvalue weighted by atomic mass is 16.5. The Morgan fingerprint density at radius 2 is 2.17 bits per heavy atom. The second-order valence-electron chi connectivity index (χ2n) is 7.46. The molecule has 1 aliphatic carbocycles. The van der Waals surface area contributed by atoms with Gasteiger partial charge >= 0.3 is 5.97 Å². The molecule has 1 saturated heterocycles. The van der Waals surface area contributed by atoms with Crippen LogP contribution in [0.3, 0.4) is 0 Å². The summed E-state index contributed by atoms with van der Waals surface area (Å²) in [5.74, 6) is -0.253. The van der Waals surface area contributed by atoms with Gasteiger partial charge in [0.05, 0.1) is 17.3 Å². The molecule has 0 saturated carbocycles. The van der Waals surface area contributed by atoms with Crippen molar-refractivity contribution in [1.29, 1.82) is 5.41 Å². The van der Waals surface area contributed by atoms with Crippen LogP contribution in [0.15, 0.2) is 36.2 Å². The van der Waals surface area contributed by atoms with Crippen molar-refractivity contribution in [3.8, 4) is 0 Å². The molecule has 160 valence electrons. The molecule has 0 amide bonds. The van der Waals surface area contributed by atoms with Crippen molar-refractivity contribution in [2.75, 3.05) is 38.8 Å². The lowest BCUT2D eigenvalue weighted by Gasteiger charge is -2.32. The molecule has 8 nitrogen and oxygen atoms in total. The van der Waals surface area contributed by atoms with Crippen molar-refractivity contribution in [3.63, 3.8) is 0 Å². The molecule has 1 aromatic rings. The Labute approximate surface area is 176 Å². The third kappa shape index (κ3) is 5.13. The fourth-order valence-corrected chi connectivity index (χ4v) is 3.68. The Bertz CT molecular complexity index is 883. The largest absolute Gasteiger partial charge is 0.481 e. The molecule has 0 atom stereocenters. The van der Waals surface area contributed by atoms with Gasteiger partial charge in [-0.1, -0.05) is 6.08 Å². The summed E-state index contributed by atoms with van der Waals surface area (Å²) >= 11 is 0. The van der Waals surface area contributed by atoms with Gasteiger partial charge in [0, 0.05) is 57.4 Å². The van der Waals surface area contributed by atoms with E-state index in [0.29, 0.717) is 38.2 Å². The summed E-state index contributed by atoms with van der Waals surface area (Å²) in [4.78, 5) is 23.1. The molecular weight excluding hydrogens is 382 g/mol. The number of aliphatic carboxylic acids is 1. The maximum atomic E-state index is 11.3. The lowest BCUT2D eigenvalue weighted by Crippen LogP contribution is -2.37. The number of methoxy groups -OCH3 is 1. The number of piperidine rings is 1. The van der Waals surface area contributed by atoms with Crippen LogP contribution in [-0.4, -0.2) is 60.6 Å². The SMILES string of the molecule is CN/C=C1/C=C(c2ncc(CCCOC)nc2N2CCC(C(=O)O)CC2)C=CC1=N. The maximum absolute atomic E-state index is 11.3. The molecule has 2 aliphatic rings. The average molecular weight is 412 g/mol. The number of nitrogens with zero attached hydrogens (tertiary/aromatic N) is 3. The first-order valence-corrected chi connectivity index (χ1v) is 10.2. The van der Waals surface area contributed by atoms with E-state index in [0.717, 1.165) is 41.2 Å². The second kappa shape index (κ2) is 10.2. The van der Waals surface area contributed by atoms with E-state index in [2.05, 4.69) is 10.2 Å². The van der Waals surface area contributed by atoms with Crippen LogP contribution < -0.4 is 10.2 Å². The number of anilines is 1. The third-order valence-corrected chi connectivity index (χ3v) is 5.35. The van der Waals surface area contributed by atoms with E-state index in [-0.39, 0.29) is 5.92 Å². The lowest BCUT2D eigenvalue weighted by molar-refractivity contribution is -0.142. The molecule has 30 heavy (non-hydrogen) atoms. The van der Waals surface area contributed by atoms with Gasteiger partial charge in [-0.25, -0.2) is 4.98 Å². The lowest BCUT2D eigenvalue weighted by atomic mass is 9.95. The highest BCUT2D eigenvalue weighted by Crippen LogP contribution is 2.31. The molecule has 1 aromatic heterocycles. The zero-order valence-corrected chi connectivity index (χ0v) is 17.5. The Morgan fingerprint density at radius 3 is 2.83 bits per heavy atom. The zero-order valence-electron chi connectivity index (χ0n) is 17.5. The fourth-order valence-electron chi connectivity index (χ4n) is 3.68. The van der Waals surface area contributed by atoms with E-state index in [1.54, 1.807) is 32.6 Å². The number of aromatic nitrogens is 2. The molecule has 0 radical (unpaired) electrons. The van der Waals surface area contributed by atoms with Gasteiger partial charge < -0.3 is 25.5 Å². The molecule has 3 rings (SSSR count). The molecule has 0 spiro atoms. The minimum absolute atomic E-state index is 0.304. The number of hydrogen-bond acceptors (Lipinski definition) is 7. The first-order valence-electron chi connectivity index (χ1n) is 10.2. The fraction of sp³-hybridized carbons (Fsp3) is 0.455. The van der Waals surface area contributed by atoms with Crippen molar-refractivity contribution >= 4 is 23.1 Å². The van der Waals surface area contributed by atoms with Crippen molar-refractivity contribution in [2.24, 2.45) is 5.92 Å². The van der Waals surface area contributed by atoms with Gasteiger partial charge in [0.2, 0.25) is 0 Å². The molecule has 3 N–H and O–H groups in total.